The molecule has 0 amide bonds. The predicted molar refractivity (Wildman–Crippen MR) is 95.7 cm³/mol. The van der Waals surface area contributed by atoms with Crippen LogP contribution in [-0.2, 0) is 35.1 Å². The maximum Gasteiger partial charge on any atom is 0.198 e. The van der Waals surface area contributed by atoms with E-state index < -0.39 is 30.9 Å². The van der Waals surface area contributed by atoms with E-state index in [1.807, 2.05) is 60.7 Å². The number of carbonyl (C=O) groups is 1. The van der Waals surface area contributed by atoms with Crippen LogP contribution in [0.4, 0.5) is 0 Å². The van der Waals surface area contributed by atoms with Gasteiger partial charge in [0.05, 0.1) is 13.2 Å². The van der Waals surface area contributed by atoms with Crippen LogP contribution in [0.3, 0.4) is 0 Å². The number of hydrogen-bond acceptors (Lipinski definition) is 6. The van der Waals surface area contributed by atoms with Gasteiger partial charge in [-0.25, -0.2) is 0 Å². The molecule has 2 fully saturated rings. The molecule has 2 heterocycles. The van der Waals surface area contributed by atoms with Crippen LogP contribution in [0.5, 0.6) is 0 Å². The average Bonchev–Trinajstić information content (AvgIpc) is 2.74. The van der Waals surface area contributed by atoms with Gasteiger partial charge in [-0.15, -0.1) is 0 Å². The lowest BCUT2D eigenvalue weighted by atomic mass is 9.99. The fourth-order valence-corrected chi connectivity index (χ4v) is 3.32. The maximum atomic E-state index is 13.1. The van der Waals surface area contributed by atoms with E-state index in [0.29, 0.717) is 0 Å². The van der Waals surface area contributed by atoms with Crippen LogP contribution in [0.1, 0.15) is 17.4 Å². The fraction of sp³-hybridized carbons (Fsp3) is 0.381. The van der Waals surface area contributed by atoms with Crippen molar-refractivity contribution in [1.29, 1.82) is 0 Å². The van der Waals surface area contributed by atoms with Gasteiger partial charge in [0.2, 0.25) is 0 Å². The SMILES string of the molecule is CO[C@H]1O[C@@H]2CO[C@@H](c3ccccc3)O[C@H]2C(=O)[C@H]1OCc1ccccc1. The highest BCUT2D eigenvalue weighted by atomic mass is 16.8. The van der Waals surface area contributed by atoms with Crippen molar-refractivity contribution < 1.29 is 28.5 Å². The summed E-state index contributed by atoms with van der Waals surface area (Å²) in [6.07, 6.45) is -3.52. The van der Waals surface area contributed by atoms with Gasteiger partial charge >= 0.3 is 0 Å². The number of Topliss-reactive ketones (excluding diaryl/α,β-unsaturated/α-hetero) is 1. The minimum Gasteiger partial charge on any atom is -0.360 e. The number of hydrogen-bond donors (Lipinski definition) is 0. The Bertz CT molecular complexity index is 742. The number of rotatable bonds is 5. The summed E-state index contributed by atoms with van der Waals surface area (Å²) in [5, 5.41) is 0. The number of ether oxygens (including phenoxy) is 5. The molecule has 2 aliphatic heterocycles. The summed E-state index contributed by atoms with van der Waals surface area (Å²) in [5.41, 5.74) is 1.83. The van der Waals surface area contributed by atoms with Crippen LogP contribution in [0.25, 0.3) is 0 Å². The minimum absolute atomic E-state index is 0.182. The van der Waals surface area contributed by atoms with Gasteiger partial charge in [0.1, 0.15) is 6.10 Å². The normalized spacial score (nSPS) is 30.7. The lowest BCUT2D eigenvalue weighted by molar-refractivity contribution is -0.318. The van der Waals surface area contributed by atoms with E-state index >= 15 is 0 Å². The number of ketones is 1. The van der Waals surface area contributed by atoms with Crippen LogP contribution >= 0.6 is 0 Å². The van der Waals surface area contributed by atoms with Gasteiger partial charge in [-0.2, -0.15) is 0 Å². The van der Waals surface area contributed by atoms with Gasteiger partial charge in [0.25, 0.3) is 0 Å². The Morgan fingerprint density at radius 3 is 2.41 bits per heavy atom. The molecule has 6 heteroatoms. The molecule has 0 radical (unpaired) electrons. The fourth-order valence-electron chi connectivity index (χ4n) is 3.32. The lowest BCUT2D eigenvalue weighted by Gasteiger charge is -2.43. The molecule has 142 valence electrons. The summed E-state index contributed by atoms with van der Waals surface area (Å²) in [7, 11) is 1.49. The highest BCUT2D eigenvalue weighted by Gasteiger charge is 2.50. The molecular formula is C21H22O6. The quantitative estimate of drug-likeness (QED) is 0.806. The average molecular weight is 370 g/mol. The molecular weight excluding hydrogens is 348 g/mol. The van der Waals surface area contributed by atoms with E-state index in [0.717, 1.165) is 11.1 Å². The first-order valence-corrected chi connectivity index (χ1v) is 8.96. The molecule has 5 atom stereocenters. The molecule has 0 saturated carbocycles. The van der Waals surface area contributed by atoms with Gasteiger partial charge in [-0.05, 0) is 5.56 Å². The van der Waals surface area contributed by atoms with E-state index in [4.69, 9.17) is 23.7 Å². The van der Waals surface area contributed by atoms with Crippen molar-refractivity contribution in [2.24, 2.45) is 0 Å². The summed E-state index contributed by atoms with van der Waals surface area (Å²) in [4.78, 5) is 13.1. The number of methoxy groups -OCH3 is 1. The first-order chi connectivity index (χ1) is 13.3. The largest absolute Gasteiger partial charge is 0.360 e. The lowest BCUT2D eigenvalue weighted by Crippen LogP contribution is -2.60. The van der Waals surface area contributed by atoms with E-state index in [1.54, 1.807) is 0 Å². The van der Waals surface area contributed by atoms with Crippen molar-refractivity contribution in [3.63, 3.8) is 0 Å². The van der Waals surface area contributed by atoms with Crippen LogP contribution in [0, 0.1) is 0 Å². The minimum atomic E-state index is -0.856. The number of fused-ring (bicyclic) bond motifs is 1. The molecule has 0 bridgehead atoms. The van der Waals surface area contributed by atoms with Gasteiger partial charge < -0.3 is 23.7 Å². The summed E-state index contributed by atoms with van der Waals surface area (Å²) >= 11 is 0. The molecule has 27 heavy (non-hydrogen) atoms. The van der Waals surface area contributed by atoms with Crippen LogP contribution < -0.4 is 0 Å². The van der Waals surface area contributed by atoms with Gasteiger partial charge in [-0.3, -0.25) is 4.79 Å². The Balaban J connectivity index is 1.47. The van der Waals surface area contributed by atoms with E-state index in [1.165, 1.54) is 7.11 Å². The second kappa shape index (κ2) is 8.29. The summed E-state index contributed by atoms with van der Waals surface area (Å²) < 4.78 is 28.8. The highest BCUT2D eigenvalue weighted by Crippen LogP contribution is 2.33. The molecule has 6 nitrogen and oxygen atoms in total. The molecule has 0 aromatic heterocycles. The van der Waals surface area contributed by atoms with Crippen molar-refractivity contribution in [2.75, 3.05) is 13.7 Å². The second-order valence-corrected chi connectivity index (χ2v) is 6.53. The van der Waals surface area contributed by atoms with Crippen molar-refractivity contribution in [3.8, 4) is 0 Å². The van der Waals surface area contributed by atoms with Crippen LogP contribution in [0.15, 0.2) is 60.7 Å². The van der Waals surface area contributed by atoms with Gasteiger partial charge in [-0.1, -0.05) is 60.7 Å². The molecule has 2 aromatic carbocycles. The summed E-state index contributed by atoms with van der Waals surface area (Å²) in [5.74, 6) is -0.182. The number of carbonyl (C=O) groups excluding carboxylic acids is 1. The zero-order chi connectivity index (χ0) is 18.6. The number of benzene rings is 2. The smallest absolute Gasteiger partial charge is 0.198 e. The Kier molecular flexibility index (Phi) is 5.61. The third-order valence-electron chi connectivity index (χ3n) is 4.71. The highest BCUT2D eigenvalue weighted by molar-refractivity contribution is 5.89. The van der Waals surface area contributed by atoms with Crippen LogP contribution in [0.2, 0.25) is 0 Å². The van der Waals surface area contributed by atoms with Gasteiger partial charge in [0, 0.05) is 12.7 Å². The second-order valence-electron chi connectivity index (χ2n) is 6.53. The Hall–Kier alpha value is -2.09. The zero-order valence-corrected chi connectivity index (χ0v) is 15.0. The summed E-state index contributed by atoms with van der Waals surface area (Å²) in [6, 6.07) is 19.2. The molecule has 0 unspecified atom stereocenters. The topological polar surface area (TPSA) is 63.2 Å². The zero-order valence-electron chi connectivity index (χ0n) is 15.0. The molecule has 2 saturated heterocycles. The standard InChI is InChI=1S/C21H22O6/c1-23-21-19(24-12-14-8-4-2-5-9-14)17(22)18-16(26-21)13-25-20(27-18)15-10-6-3-7-11-15/h2-11,16,18-21H,12-13H2,1H3/t16-,18-,19-,20-,21+/m1/s1. The van der Waals surface area contributed by atoms with E-state index in [2.05, 4.69) is 0 Å². The predicted octanol–water partition coefficient (Wildman–Crippen LogP) is 2.63. The van der Waals surface area contributed by atoms with Gasteiger partial charge in [0.15, 0.2) is 30.6 Å². The third-order valence-corrected chi connectivity index (χ3v) is 4.71. The monoisotopic (exact) mass is 370 g/mol. The van der Waals surface area contributed by atoms with E-state index in [-0.39, 0.29) is 19.0 Å². The Morgan fingerprint density at radius 2 is 1.70 bits per heavy atom. The van der Waals surface area contributed by atoms with Crippen LogP contribution in [-0.4, -0.2) is 44.1 Å². The first kappa shape index (κ1) is 18.3. The molecule has 0 spiro atoms. The van der Waals surface area contributed by atoms with Crippen molar-refractivity contribution in [1.82, 2.24) is 0 Å². The van der Waals surface area contributed by atoms with E-state index in [9.17, 15) is 4.79 Å². The molecule has 0 aliphatic carbocycles. The van der Waals surface area contributed by atoms with Crippen molar-refractivity contribution >= 4 is 5.78 Å². The molecule has 2 aromatic rings. The first-order valence-electron chi connectivity index (χ1n) is 8.96. The molecule has 0 N–H and O–H groups in total. The molecule has 4 rings (SSSR count). The molecule has 2 aliphatic rings. The van der Waals surface area contributed by atoms with Crippen molar-refractivity contribution in [3.05, 3.63) is 71.8 Å². The third kappa shape index (κ3) is 3.95. The Morgan fingerprint density at radius 1 is 1.00 bits per heavy atom. The Labute approximate surface area is 157 Å². The maximum absolute atomic E-state index is 13.1. The van der Waals surface area contributed by atoms with Crippen molar-refractivity contribution in [2.45, 2.75) is 37.5 Å². The summed E-state index contributed by atoms with van der Waals surface area (Å²) in [6.45, 7) is 0.539.